The number of nitriles is 1. The van der Waals surface area contributed by atoms with Gasteiger partial charge in [0, 0.05) is 5.56 Å². The molecular formula is C27H35N. The molecular weight excluding hydrogens is 338 g/mol. The van der Waals surface area contributed by atoms with Gasteiger partial charge in [0.2, 0.25) is 0 Å². The van der Waals surface area contributed by atoms with Gasteiger partial charge in [-0.15, -0.1) is 0 Å². The first-order chi connectivity index (χ1) is 13.8. The summed E-state index contributed by atoms with van der Waals surface area (Å²) in [5, 5.41) is 8.83. The number of allylic oxidation sites excluding steroid dienone is 2. The number of hydrogen-bond acceptors (Lipinski definition) is 1. The summed E-state index contributed by atoms with van der Waals surface area (Å²) in [5.74, 6) is 10.1. The van der Waals surface area contributed by atoms with E-state index in [0.29, 0.717) is 11.5 Å². The zero-order valence-corrected chi connectivity index (χ0v) is 17.5. The van der Waals surface area contributed by atoms with Gasteiger partial charge >= 0.3 is 0 Å². The fourth-order valence-electron chi connectivity index (χ4n) is 5.01. The summed E-state index contributed by atoms with van der Waals surface area (Å²) < 4.78 is 0. The van der Waals surface area contributed by atoms with Crippen LogP contribution in [0, 0.1) is 46.8 Å². The molecule has 28 heavy (non-hydrogen) atoms. The summed E-state index contributed by atoms with van der Waals surface area (Å²) in [6.45, 7) is 2.36. The van der Waals surface area contributed by atoms with Crippen LogP contribution >= 0.6 is 0 Å². The second-order valence-electron chi connectivity index (χ2n) is 8.97. The van der Waals surface area contributed by atoms with Gasteiger partial charge in [-0.05, 0) is 79.7 Å². The van der Waals surface area contributed by atoms with Crippen LogP contribution in [0.1, 0.15) is 88.7 Å². The van der Waals surface area contributed by atoms with Crippen molar-refractivity contribution in [1.82, 2.24) is 0 Å². The van der Waals surface area contributed by atoms with Crippen LogP contribution in [0.5, 0.6) is 0 Å². The SMILES string of the molecule is CCC1CCC(CCC2CCC(C=CC#Cc3ccc(C#N)cc3)CC2)CC1. The third-order valence-corrected chi connectivity index (χ3v) is 7.10. The third kappa shape index (κ3) is 6.56. The van der Waals surface area contributed by atoms with Crippen LogP contribution in [0.15, 0.2) is 36.4 Å². The quantitative estimate of drug-likeness (QED) is 0.498. The van der Waals surface area contributed by atoms with E-state index in [1.54, 1.807) is 0 Å². The molecule has 2 aliphatic carbocycles. The van der Waals surface area contributed by atoms with E-state index in [0.717, 1.165) is 23.3 Å². The molecule has 2 saturated carbocycles. The Morgan fingerprint density at radius 2 is 1.36 bits per heavy atom. The van der Waals surface area contributed by atoms with Gasteiger partial charge in [-0.25, -0.2) is 0 Å². The molecule has 0 atom stereocenters. The molecule has 1 aromatic carbocycles. The zero-order valence-electron chi connectivity index (χ0n) is 17.5. The van der Waals surface area contributed by atoms with Gasteiger partial charge in [-0.2, -0.15) is 5.26 Å². The van der Waals surface area contributed by atoms with Crippen molar-refractivity contribution in [2.45, 2.75) is 77.6 Å². The highest BCUT2D eigenvalue weighted by atomic mass is 14.3. The highest BCUT2D eigenvalue weighted by Gasteiger charge is 2.23. The Labute approximate surface area is 172 Å². The monoisotopic (exact) mass is 373 g/mol. The average molecular weight is 374 g/mol. The summed E-state index contributed by atoms with van der Waals surface area (Å²) in [5.41, 5.74) is 1.66. The summed E-state index contributed by atoms with van der Waals surface area (Å²) in [4.78, 5) is 0. The molecule has 0 radical (unpaired) electrons. The highest BCUT2D eigenvalue weighted by Crippen LogP contribution is 2.37. The lowest BCUT2D eigenvalue weighted by molar-refractivity contribution is 0.224. The molecule has 0 spiro atoms. The number of hydrogen-bond donors (Lipinski definition) is 0. The average Bonchev–Trinajstić information content (AvgIpc) is 2.77. The normalized spacial score (nSPS) is 27.7. The first-order valence-corrected chi connectivity index (χ1v) is 11.4. The molecule has 1 heteroatoms. The van der Waals surface area contributed by atoms with E-state index in [1.165, 1.54) is 70.6 Å². The standard InChI is InChI=1S/C27H35N/c1-2-22-7-9-25(10-8-22)15-16-26-13-11-23(12-14-26)5-3-4-6-24-17-19-27(21-28)20-18-24/h3,5,17-20,22-23,25-26H,2,7-16H2,1H3. The van der Waals surface area contributed by atoms with Crippen molar-refractivity contribution in [3.8, 4) is 17.9 Å². The van der Waals surface area contributed by atoms with Crippen LogP contribution in [0.3, 0.4) is 0 Å². The Hall–Kier alpha value is -1.99. The van der Waals surface area contributed by atoms with Gasteiger partial charge < -0.3 is 0 Å². The number of rotatable bonds is 5. The van der Waals surface area contributed by atoms with Gasteiger partial charge in [0.1, 0.15) is 0 Å². The minimum atomic E-state index is 0.687. The summed E-state index contributed by atoms with van der Waals surface area (Å²) in [7, 11) is 0. The van der Waals surface area contributed by atoms with Crippen LogP contribution in [-0.2, 0) is 0 Å². The lowest BCUT2D eigenvalue weighted by Crippen LogP contribution is -2.17. The Balaban J connectivity index is 1.33. The van der Waals surface area contributed by atoms with Crippen molar-refractivity contribution >= 4 is 0 Å². The van der Waals surface area contributed by atoms with Gasteiger partial charge in [0.05, 0.1) is 11.6 Å². The van der Waals surface area contributed by atoms with E-state index in [9.17, 15) is 0 Å². The Kier molecular flexibility index (Phi) is 8.23. The molecule has 0 amide bonds. The topological polar surface area (TPSA) is 23.8 Å². The molecule has 1 aromatic rings. The van der Waals surface area contributed by atoms with Gasteiger partial charge in [-0.3, -0.25) is 0 Å². The molecule has 2 aliphatic rings. The fourth-order valence-corrected chi connectivity index (χ4v) is 5.01. The fraction of sp³-hybridized carbons (Fsp3) is 0.593. The molecule has 0 heterocycles. The smallest absolute Gasteiger partial charge is 0.0991 e. The maximum Gasteiger partial charge on any atom is 0.0991 e. The molecule has 0 aromatic heterocycles. The molecule has 0 saturated heterocycles. The van der Waals surface area contributed by atoms with Crippen molar-refractivity contribution in [2.24, 2.45) is 23.7 Å². The Morgan fingerprint density at radius 1 is 0.821 bits per heavy atom. The molecule has 0 N–H and O–H groups in total. The van der Waals surface area contributed by atoms with E-state index >= 15 is 0 Å². The van der Waals surface area contributed by atoms with Crippen LogP contribution in [0.2, 0.25) is 0 Å². The van der Waals surface area contributed by atoms with Crippen LogP contribution < -0.4 is 0 Å². The van der Waals surface area contributed by atoms with Crippen LogP contribution in [0.4, 0.5) is 0 Å². The van der Waals surface area contributed by atoms with Crippen molar-refractivity contribution in [3.05, 3.63) is 47.5 Å². The lowest BCUT2D eigenvalue weighted by atomic mass is 9.75. The molecule has 3 rings (SSSR count). The Bertz CT molecular complexity index is 708. The first-order valence-electron chi connectivity index (χ1n) is 11.4. The van der Waals surface area contributed by atoms with Gasteiger partial charge in [-0.1, -0.05) is 69.8 Å². The Morgan fingerprint density at radius 3 is 1.93 bits per heavy atom. The first kappa shape index (κ1) is 20.7. The maximum absolute atomic E-state index is 8.83. The van der Waals surface area contributed by atoms with E-state index in [1.807, 2.05) is 30.3 Å². The van der Waals surface area contributed by atoms with E-state index in [-0.39, 0.29) is 0 Å². The minimum Gasteiger partial charge on any atom is -0.192 e. The molecule has 0 bridgehead atoms. The molecule has 2 fully saturated rings. The van der Waals surface area contributed by atoms with Crippen LogP contribution in [-0.4, -0.2) is 0 Å². The van der Waals surface area contributed by atoms with E-state index < -0.39 is 0 Å². The van der Waals surface area contributed by atoms with Gasteiger partial charge in [0.25, 0.3) is 0 Å². The maximum atomic E-state index is 8.83. The van der Waals surface area contributed by atoms with E-state index in [2.05, 4.69) is 30.9 Å². The largest absolute Gasteiger partial charge is 0.192 e. The summed E-state index contributed by atoms with van der Waals surface area (Å²) >= 11 is 0. The summed E-state index contributed by atoms with van der Waals surface area (Å²) in [6.07, 6.45) is 20.1. The lowest BCUT2D eigenvalue weighted by Gasteiger charge is -2.31. The van der Waals surface area contributed by atoms with Gasteiger partial charge in [0.15, 0.2) is 0 Å². The van der Waals surface area contributed by atoms with Crippen molar-refractivity contribution in [1.29, 1.82) is 5.26 Å². The number of benzene rings is 1. The predicted molar refractivity (Wildman–Crippen MR) is 118 cm³/mol. The molecule has 0 aliphatic heterocycles. The summed E-state index contributed by atoms with van der Waals surface area (Å²) in [6, 6.07) is 9.62. The molecule has 0 unspecified atom stereocenters. The predicted octanol–water partition coefficient (Wildman–Crippen LogP) is 7.27. The minimum absolute atomic E-state index is 0.687. The van der Waals surface area contributed by atoms with Crippen molar-refractivity contribution < 1.29 is 0 Å². The highest BCUT2D eigenvalue weighted by molar-refractivity contribution is 5.41. The molecule has 1 nitrogen and oxygen atoms in total. The van der Waals surface area contributed by atoms with Crippen LogP contribution in [0.25, 0.3) is 0 Å². The molecule has 148 valence electrons. The second kappa shape index (κ2) is 11.1. The zero-order chi connectivity index (χ0) is 19.6. The van der Waals surface area contributed by atoms with Crippen molar-refractivity contribution in [2.75, 3.05) is 0 Å². The second-order valence-corrected chi connectivity index (χ2v) is 8.97. The van der Waals surface area contributed by atoms with Crippen molar-refractivity contribution in [3.63, 3.8) is 0 Å². The third-order valence-electron chi connectivity index (χ3n) is 7.10. The van der Waals surface area contributed by atoms with E-state index in [4.69, 9.17) is 5.26 Å². The number of nitrogens with zero attached hydrogens (tertiary/aromatic N) is 1.